The van der Waals surface area contributed by atoms with Gasteiger partial charge in [-0.3, -0.25) is 20.6 Å². The first-order chi connectivity index (χ1) is 36.4. The third-order valence-corrected chi connectivity index (χ3v) is 14.8. The van der Waals surface area contributed by atoms with Crippen molar-refractivity contribution in [3.63, 3.8) is 0 Å². The van der Waals surface area contributed by atoms with Gasteiger partial charge in [-0.2, -0.15) is 39.5 Å². The minimum Gasteiger partial charge on any atom is -0.379 e. The summed E-state index contributed by atoms with van der Waals surface area (Å²) >= 11 is 5.33. The Kier molecular flexibility index (Phi) is 31.1. The topological polar surface area (TPSA) is 181 Å². The van der Waals surface area contributed by atoms with Crippen molar-refractivity contribution < 1.29 is 48.3 Å². The summed E-state index contributed by atoms with van der Waals surface area (Å²) in [6, 6.07) is 24.7. The number of nitrogens with one attached hydrogen (secondary N) is 4. The number of nitrogens with two attached hydrogens (primary N) is 3. The van der Waals surface area contributed by atoms with Gasteiger partial charge in [0.05, 0.1) is 43.4 Å². The number of halogens is 13. The molecule has 0 atom stereocenters. The van der Waals surface area contributed by atoms with Crippen LogP contribution in [0.4, 0.5) is 48.3 Å². The summed E-state index contributed by atoms with van der Waals surface area (Å²) in [5.41, 5.74) is 19.8. The number of thioether (sulfide) groups is 4. The number of benzene rings is 5. The van der Waals surface area contributed by atoms with Gasteiger partial charge in [-0.05, 0) is 125 Å². The van der Waals surface area contributed by atoms with Gasteiger partial charge in [-0.15, -0.1) is 34.0 Å². The predicted octanol–water partition coefficient (Wildman–Crippen LogP) is 13.2. The normalized spacial score (nSPS) is 13.7. The highest BCUT2D eigenvalue weighted by Gasteiger charge is 2.31. The van der Waals surface area contributed by atoms with Crippen molar-refractivity contribution in [1.82, 2.24) is 20.4 Å². The second kappa shape index (κ2) is 34.8. The Morgan fingerprint density at radius 1 is 0.500 bits per heavy atom. The van der Waals surface area contributed by atoms with Crippen molar-refractivity contribution in [2.24, 2.45) is 27.2 Å². The lowest BCUT2D eigenvalue weighted by molar-refractivity contribution is -0.138. The molecule has 0 aliphatic carbocycles. The third kappa shape index (κ3) is 25.7. The number of amidine groups is 4. The molecule has 0 amide bonds. The summed E-state index contributed by atoms with van der Waals surface area (Å²) in [5, 5.41) is 22.4. The van der Waals surface area contributed by atoms with E-state index in [2.05, 4.69) is 30.4 Å². The summed E-state index contributed by atoms with van der Waals surface area (Å²) in [4.78, 5) is 13.3. The molecule has 2 aliphatic heterocycles. The van der Waals surface area contributed by atoms with Crippen LogP contribution in [0.5, 0.6) is 0 Å². The molecule has 2 heterocycles. The first-order valence-electron chi connectivity index (χ1n) is 23.4. The standard InChI is InChI=1S/C32H33F7N6S2.C10H13FN4S2.C9H10F3N.CH4.2BrH/c33-28-10-5-24(16-46-29-40-18-44(19-41-29)13-11-22-1-6-26(7-2-22)31(34,35)36)25(15-28)17-47-30-42-20-45(21-43-30)14-12-23-3-8-27(9-4-23)32(37,38)39;11-8-2-1-6(4-16-9(12)13)7(3-8)5-17-10(14)15;10-9(11,12)8-3-1-7(2-4-8)5-6-13;;;/h1-10,15H,11-14,16-21H2,(H,40,41)(H,42,43);1-3H,4-5H2,(H3,12,13)(H3,14,15);1-4H,5-6,13H2;1H4;2*1H. The Labute approximate surface area is 496 Å². The molecule has 10 N–H and O–H groups in total. The first kappa shape index (κ1) is 71.6. The van der Waals surface area contributed by atoms with Crippen LogP contribution in [-0.2, 0) is 60.8 Å². The molecule has 7 rings (SSSR count). The number of rotatable bonds is 16. The molecule has 0 bridgehead atoms. The van der Waals surface area contributed by atoms with Crippen LogP contribution in [0.2, 0.25) is 0 Å². The molecule has 0 unspecified atom stereocenters. The minimum absolute atomic E-state index is 0. The fourth-order valence-electron chi connectivity index (χ4n) is 7.06. The van der Waals surface area contributed by atoms with Crippen molar-refractivity contribution in [3.05, 3.63) is 176 Å². The van der Waals surface area contributed by atoms with Gasteiger partial charge < -0.3 is 27.8 Å². The van der Waals surface area contributed by atoms with E-state index < -0.39 is 35.2 Å². The van der Waals surface area contributed by atoms with Gasteiger partial charge in [0.1, 0.15) is 11.6 Å². The van der Waals surface area contributed by atoms with Gasteiger partial charge in [-0.25, -0.2) is 18.8 Å². The summed E-state index contributed by atoms with van der Waals surface area (Å²) in [6.07, 6.45) is -11.1. The Morgan fingerprint density at radius 2 is 0.825 bits per heavy atom. The van der Waals surface area contributed by atoms with E-state index in [1.54, 1.807) is 12.1 Å². The van der Waals surface area contributed by atoms with Gasteiger partial charge >= 0.3 is 18.5 Å². The Hall–Kier alpha value is -4.55. The van der Waals surface area contributed by atoms with Crippen LogP contribution < -0.4 is 27.8 Å². The van der Waals surface area contributed by atoms with E-state index in [1.165, 1.54) is 95.9 Å². The summed E-state index contributed by atoms with van der Waals surface area (Å²) in [5.74, 6) is 1.43. The SMILES string of the molecule is Br.Br.C.Fc1ccc(CSC2=NCN(CCc3ccc(C(F)(F)F)cc3)CN2)c(CSC2=NCN(CCc3ccc(C(F)(F)F)cc3)CN2)c1.N=C(N)SCc1ccc(F)cc1CSC(=N)N.NCCc1ccc(C(F)(F)F)cc1. The van der Waals surface area contributed by atoms with Crippen LogP contribution >= 0.6 is 81.0 Å². The Morgan fingerprint density at radius 3 is 1.15 bits per heavy atom. The largest absolute Gasteiger partial charge is 0.416 e. The van der Waals surface area contributed by atoms with E-state index in [4.69, 9.17) is 28.0 Å². The highest BCUT2D eigenvalue weighted by atomic mass is 79.9. The van der Waals surface area contributed by atoms with Gasteiger partial charge in [0.25, 0.3) is 0 Å². The third-order valence-electron chi connectivity index (χ3n) is 11.3. The van der Waals surface area contributed by atoms with Crippen LogP contribution in [0, 0.1) is 22.5 Å². The molecular formula is C52H62Br2F11N11S4. The second-order valence-corrected chi connectivity index (χ2v) is 21.0. The van der Waals surface area contributed by atoms with E-state index in [9.17, 15) is 48.3 Å². The Bertz CT molecular complexity index is 2760. The zero-order chi connectivity index (χ0) is 56.2. The van der Waals surface area contributed by atoms with Gasteiger partial charge in [0.2, 0.25) is 0 Å². The molecule has 0 fully saturated rings. The fourth-order valence-corrected chi connectivity index (χ4v) is 10.00. The van der Waals surface area contributed by atoms with Gasteiger partial charge in [-0.1, -0.05) is 103 Å². The highest BCUT2D eigenvalue weighted by Crippen LogP contribution is 2.32. The molecule has 5 aromatic carbocycles. The lowest BCUT2D eigenvalue weighted by Gasteiger charge is -2.27. The van der Waals surface area contributed by atoms with Crippen molar-refractivity contribution >= 4 is 102 Å². The van der Waals surface area contributed by atoms with E-state index in [0.29, 0.717) is 88.6 Å². The lowest BCUT2D eigenvalue weighted by Crippen LogP contribution is -2.42. The molecule has 0 saturated heterocycles. The molecule has 28 heteroatoms. The maximum Gasteiger partial charge on any atom is 0.416 e. The predicted molar refractivity (Wildman–Crippen MR) is 318 cm³/mol. The maximum atomic E-state index is 14.2. The summed E-state index contributed by atoms with van der Waals surface area (Å²) < 4.78 is 140. The van der Waals surface area contributed by atoms with Crippen LogP contribution in [0.1, 0.15) is 63.1 Å². The summed E-state index contributed by atoms with van der Waals surface area (Å²) in [7, 11) is 0. The average molecular weight is 1340 g/mol. The quantitative estimate of drug-likeness (QED) is 0.0284. The fraction of sp³-hybridized carbons (Fsp3) is 0.346. The molecule has 0 radical (unpaired) electrons. The van der Waals surface area contributed by atoms with Crippen LogP contribution in [0.3, 0.4) is 0 Å². The molecule has 440 valence electrons. The van der Waals surface area contributed by atoms with E-state index in [1.807, 2.05) is 0 Å². The molecule has 2 aliphatic rings. The lowest BCUT2D eigenvalue weighted by atomic mass is 10.1. The minimum atomic E-state index is -4.35. The molecule has 5 aromatic rings. The smallest absolute Gasteiger partial charge is 0.379 e. The number of nitrogens with zero attached hydrogens (tertiary/aromatic N) is 4. The maximum absolute atomic E-state index is 14.2. The van der Waals surface area contributed by atoms with Crippen molar-refractivity contribution in [3.8, 4) is 0 Å². The van der Waals surface area contributed by atoms with E-state index in [-0.39, 0.29) is 63.4 Å². The van der Waals surface area contributed by atoms with Crippen molar-refractivity contribution in [2.75, 3.05) is 46.3 Å². The number of aliphatic imine (C=N–C) groups is 2. The number of alkyl halides is 9. The van der Waals surface area contributed by atoms with Crippen LogP contribution in [0.15, 0.2) is 119 Å². The molecule has 11 nitrogen and oxygen atoms in total. The van der Waals surface area contributed by atoms with Crippen molar-refractivity contribution in [1.29, 1.82) is 10.8 Å². The summed E-state index contributed by atoms with van der Waals surface area (Å²) in [6.45, 7) is 3.76. The van der Waals surface area contributed by atoms with Gasteiger partial charge in [0.15, 0.2) is 20.7 Å². The number of hydrogen-bond acceptors (Lipinski definition) is 13. The highest BCUT2D eigenvalue weighted by molar-refractivity contribution is 8.93. The molecule has 0 aromatic heterocycles. The monoisotopic (exact) mass is 1340 g/mol. The first-order valence-corrected chi connectivity index (χ1v) is 27.3. The molecule has 0 saturated carbocycles. The van der Waals surface area contributed by atoms with Crippen LogP contribution in [0.25, 0.3) is 0 Å². The average Bonchev–Trinajstić information content (AvgIpc) is 3.39. The van der Waals surface area contributed by atoms with E-state index >= 15 is 0 Å². The van der Waals surface area contributed by atoms with Crippen molar-refractivity contribution in [2.45, 2.75) is 68.2 Å². The molecule has 80 heavy (non-hydrogen) atoms. The van der Waals surface area contributed by atoms with Gasteiger partial charge in [0, 0.05) is 36.1 Å². The molecular weight excluding hydrogens is 1280 g/mol. The number of hydrogen-bond donors (Lipinski definition) is 7. The molecule has 0 spiro atoms. The zero-order valence-electron chi connectivity index (χ0n) is 41.9. The Balaban J connectivity index is 0.000000543. The zero-order valence-corrected chi connectivity index (χ0v) is 48.6. The second-order valence-electron chi connectivity index (χ2n) is 17.0. The van der Waals surface area contributed by atoms with Crippen LogP contribution in [-0.4, -0.2) is 76.8 Å². The van der Waals surface area contributed by atoms with E-state index in [0.717, 1.165) is 97.4 Å².